The molecule has 0 aliphatic rings. The van der Waals surface area contributed by atoms with Crippen molar-refractivity contribution in [3.05, 3.63) is 88.9 Å². The maximum atomic E-state index is 13.0. The van der Waals surface area contributed by atoms with Crippen molar-refractivity contribution in [2.75, 3.05) is 31.5 Å². The smallest absolute Gasteiger partial charge is 0.288 e. The minimum atomic E-state index is -0.398. The van der Waals surface area contributed by atoms with Crippen LogP contribution >= 0.6 is 11.6 Å². The second kappa shape index (κ2) is 11.9. The molecular formula is C26H26ClN5O4. The molecule has 9 nitrogen and oxygen atoms in total. The number of benzene rings is 3. The highest BCUT2D eigenvalue weighted by molar-refractivity contribution is 6.30. The maximum absolute atomic E-state index is 13.0. The lowest BCUT2D eigenvalue weighted by atomic mass is 10.2. The maximum Gasteiger partial charge on any atom is 0.288 e. The monoisotopic (exact) mass is 507 g/mol. The zero-order valence-corrected chi connectivity index (χ0v) is 20.7. The lowest BCUT2D eigenvalue weighted by molar-refractivity contribution is 0.0824. The Morgan fingerprint density at radius 3 is 2.06 bits per heavy atom. The lowest BCUT2D eigenvalue weighted by Gasteiger charge is -2.10. The molecule has 186 valence electrons. The van der Waals surface area contributed by atoms with E-state index in [2.05, 4.69) is 20.7 Å². The van der Waals surface area contributed by atoms with Gasteiger partial charge < -0.3 is 24.8 Å². The standard InChI is InChI=1S/C26H26ClN5O4/c1-34-22-9-5-3-7-18(22)15-28-25-30-26(29-16-19-8-4-6-10-23(19)35-2)32(31-25)24(33)17-36-21-13-11-20(27)12-14-21/h3-14H,15-17H2,1-2H3,(H2,28,29,30,31). The summed E-state index contributed by atoms with van der Waals surface area (Å²) in [5.41, 5.74) is 1.83. The number of ether oxygens (including phenoxy) is 3. The number of hydrogen-bond donors (Lipinski definition) is 2. The second-order valence-corrected chi connectivity index (χ2v) is 8.07. The quantitative estimate of drug-likeness (QED) is 0.296. The van der Waals surface area contributed by atoms with Crippen LogP contribution in [0.2, 0.25) is 5.02 Å². The van der Waals surface area contributed by atoms with Gasteiger partial charge in [0.05, 0.1) is 14.2 Å². The van der Waals surface area contributed by atoms with E-state index in [0.29, 0.717) is 23.9 Å². The minimum absolute atomic E-state index is 0.236. The number of aromatic nitrogens is 3. The van der Waals surface area contributed by atoms with Crippen molar-refractivity contribution in [1.29, 1.82) is 0 Å². The summed E-state index contributed by atoms with van der Waals surface area (Å²) in [7, 11) is 3.23. The first-order valence-corrected chi connectivity index (χ1v) is 11.6. The molecule has 36 heavy (non-hydrogen) atoms. The van der Waals surface area contributed by atoms with Crippen LogP contribution in [0.15, 0.2) is 72.8 Å². The van der Waals surface area contributed by atoms with Gasteiger partial charge >= 0.3 is 0 Å². The van der Waals surface area contributed by atoms with E-state index in [9.17, 15) is 4.79 Å². The topological polar surface area (TPSA) is 99.5 Å². The highest BCUT2D eigenvalue weighted by Gasteiger charge is 2.18. The van der Waals surface area contributed by atoms with E-state index >= 15 is 0 Å². The number of methoxy groups -OCH3 is 2. The van der Waals surface area contributed by atoms with Gasteiger partial charge in [0.2, 0.25) is 11.9 Å². The summed E-state index contributed by atoms with van der Waals surface area (Å²) < 4.78 is 17.6. The molecule has 1 aromatic heterocycles. The average Bonchev–Trinajstić information content (AvgIpc) is 3.33. The number of anilines is 2. The molecular weight excluding hydrogens is 482 g/mol. The summed E-state index contributed by atoms with van der Waals surface area (Å²) >= 11 is 5.92. The van der Waals surface area contributed by atoms with E-state index in [4.69, 9.17) is 25.8 Å². The van der Waals surface area contributed by atoms with Crippen LogP contribution in [0.1, 0.15) is 15.9 Å². The molecule has 3 aromatic carbocycles. The summed E-state index contributed by atoms with van der Waals surface area (Å²) in [6, 6.07) is 22.0. The van der Waals surface area contributed by atoms with E-state index < -0.39 is 5.91 Å². The normalized spacial score (nSPS) is 10.5. The molecule has 2 N–H and O–H groups in total. The van der Waals surface area contributed by atoms with Gasteiger partial charge in [0, 0.05) is 29.2 Å². The van der Waals surface area contributed by atoms with Crippen LogP contribution < -0.4 is 24.8 Å². The first-order chi connectivity index (χ1) is 17.6. The zero-order chi connectivity index (χ0) is 25.3. The van der Waals surface area contributed by atoms with Gasteiger partial charge in [0.25, 0.3) is 5.91 Å². The Kier molecular flexibility index (Phi) is 8.25. The minimum Gasteiger partial charge on any atom is -0.496 e. The molecule has 0 saturated carbocycles. The second-order valence-electron chi connectivity index (χ2n) is 7.64. The number of hydrogen-bond acceptors (Lipinski definition) is 8. The van der Waals surface area contributed by atoms with Crippen LogP contribution in [0, 0.1) is 0 Å². The highest BCUT2D eigenvalue weighted by Crippen LogP contribution is 2.21. The number of halogens is 1. The van der Waals surface area contributed by atoms with Crippen LogP contribution in [-0.4, -0.2) is 41.5 Å². The summed E-state index contributed by atoms with van der Waals surface area (Å²) in [5, 5.41) is 11.3. The summed E-state index contributed by atoms with van der Waals surface area (Å²) in [6.45, 7) is 0.551. The summed E-state index contributed by atoms with van der Waals surface area (Å²) in [6.07, 6.45) is 0. The Labute approximate surface area is 214 Å². The van der Waals surface area contributed by atoms with Crippen LogP contribution in [-0.2, 0) is 13.1 Å². The summed E-state index contributed by atoms with van der Waals surface area (Å²) in [5.74, 6) is 2.14. The first-order valence-electron chi connectivity index (χ1n) is 11.2. The van der Waals surface area contributed by atoms with Gasteiger partial charge in [0.15, 0.2) is 6.61 Å². The van der Waals surface area contributed by atoms with E-state index in [1.807, 2.05) is 48.5 Å². The molecule has 0 atom stereocenters. The van der Waals surface area contributed by atoms with Gasteiger partial charge in [-0.05, 0) is 36.4 Å². The molecule has 0 bridgehead atoms. The first kappa shape index (κ1) is 24.9. The third kappa shape index (κ3) is 6.25. The number of rotatable bonds is 11. The molecule has 0 saturated heterocycles. The molecule has 0 fully saturated rings. The Morgan fingerprint density at radius 2 is 1.44 bits per heavy atom. The molecule has 4 aromatic rings. The average molecular weight is 508 g/mol. The van der Waals surface area contributed by atoms with Crippen molar-refractivity contribution in [2.45, 2.75) is 13.1 Å². The summed E-state index contributed by atoms with van der Waals surface area (Å²) in [4.78, 5) is 17.5. The molecule has 10 heteroatoms. The van der Waals surface area contributed by atoms with Crippen molar-refractivity contribution in [3.63, 3.8) is 0 Å². The number of carbonyl (C=O) groups excluding carboxylic acids is 1. The predicted octanol–water partition coefficient (Wildman–Crippen LogP) is 4.89. The van der Waals surface area contributed by atoms with Gasteiger partial charge in [-0.2, -0.15) is 9.67 Å². The van der Waals surface area contributed by atoms with Gasteiger partial charge in [-0.25, -0.2) is 0 Å². The highest BCUT2D eigenvalue weighted by atomic mass is 35.5. The number of carbonyl (C=O) groups is 1. The van der Waals surface area contributed by atoms with E-state index in [1.54, 1.807) is 38.5 Å². The van der Waals surface area contributed by atoms with Crippen molar-refractivity contribution in [2.24, 2.45) is 0 Å². The van der Waals surface area contributed by atoms with E-state index in [-0.39, 0.29) is 18.5 Å². The molecule has 0 unspecified atom stereocenters. The van der Waals surface area contributed by atoms with Gasteiger partial charge in [0.1, 0.15) is 17.2 Å². The predicted molar refractivity (Wildman–Crippen MR) is 138 cm³/mol. The van der Waals surface area contributed by atoms with Crippen LogP contribution in [0.5, 0.6) is 17.2 Å². The molecule has 1 heterocycles. The van der Waals surface area contributed by atoms with Crippen LogP contribution in [0.25, 0.3) is 0 Å². The Hall–Kier alpha value is -4.24. The van der Waals surface area contributed by atoms with E-state index in [0.717, 1.165) is 22.6 Å². The third-order valence-corrected chi connectivity index (χ3v) is 5.53. The van der Waals surface area contributed by atoms with Crippen molar-refractivity contribution in [1.82, 2.24) is 14.8 Å². The Balaban J connectivity index is 1.52. The largest absolute Gasteiger partial charge is 0.496 e. The fourth-order valence-electron chi connectivity index (χ4n) is 3.46. The Bertz CT molecular complexity index is 1310. The number of nitrogens with zero attached hydrogens (tertiary/aromatic N) is 3. The fraction of sp³-hybridized carbons (Fsp3) is 0.192. The third-order valence-electron chi connectivity index (χ3n) is 5.28. The molecule has 4 rings (SSSR count). The number of nitrogens with one attached hydrogen (secondary N) is 2. The molecule has 0 spiro atoms. The van der Waals surface area contributed by atoms with Gasteiger partial charge in [-0.15, -0.1) is 5.10 Å². The van der Waals surface area contributed by atoms with Gasteiger partial charge in [-0.3, -0.25) is 4.79 Å². The van der Waals surface area contributed by atoms with Crippen LogP contribution in [0.4, 0.5) is 11.9 Å². The Morgan fingerprint density at radius 1 is 0.861 bits per heavy atom. The molecule has 0 amide bonds. The molecule has 0 aliphatic heterocycles. The fourth-order valence-corrected chi connectivity index (χ4v) is 3.58. The zero-order valence-electron chi connectivity index (χ0n) is 19.9. The van der Waals surface area contributed by atoms with Crippen molar-refractivity contribution in [3.8, 4) is 17.2 Å². The van der Waals surface area contributed by atoms with Gasteiger partial charge in [-0.1, -0.05) is 48.0 Å². The van der Waals surface area contributed by atoms with Crippen molar-refractivity contribution >= 4 is 29.4 Å². The molecule has 0 aliphatic carbocycles. The van der Waals surface area contributed by atoms with E-state index in [1.165, 1.54) is 4.68 Å². The number of para-hydroxylation sites is 2. The van der Waals surface area contributed by atoms with Crippen LogP contribution in [0.3, 0.4) is 0 Å². The lowest BCUT2D eigenvalue weighted by Crippen LogP contribution is -2.23. The molecule has 0 radical (unpaired) electrons. The van der Waals surface area contributed by atoms with Crippen molar-refractivity contribution < 1.29 is 19.0 Å². The SMILES string of the molecule is COc1ccccc1CNc1nc(NCc2ccccc2OC)n(C(=O)COc2ccc(Cl)cc2)n1.